The molecule has 0 aliphatic heterocycles. The van der Waals surface area contributed by atoms with Gasteiger partial charge in [0.15, 0.2) is 0 Å². The van der Waals surface area contributed by atoms with Gasteiger partial charge in [-0.1, -0.05) is 6.07 Å². The van der Waals surface area contributed by atoms with E-state index in [4.69, 9.17) is 5.11 Å². The number of aromatic amines is 1. The van der Waals surface area contributed by atoms with E-state index in [0.717, 1.165) is 16.8 Å². The third kappa shape index (κ3) is 1.72. The van der Waals surface area contributed by atoms with Crippen LogP contribution in [0.3, 0.4) is 0 Å². The van der Waals surface area contributed by atoms with Gasteiger partial charge in [-0.15, -0.1) is 0 Å². The Labute approximate surface area is 88.7 Å². The van der Waals surface area contributed by atoms with E-state index in [0.29, 0.717) is 0 Å². The van der Waals surface area contributed by atoms with Crippen LogP contribution in [0.4, 0.5) is 4.39 Å². The summed E-state index contributed by atoms with van der Waals surface area (Å²) in [5.74, 6) is -1.75. The van der Waals surface area contributed by atoms with Crippen LogP contribution in [0.2, 0.25) is 0 Å². The van der Waals surface area contributed by atoms with E-state index in [1.807, 2.05) is 0 Å². The number of nitrogens with one attached hydrogen (secondary N) is 1. The normalized spacial score (nSPS) is 10.3. The molecule has 0 saturated carbocycles. The number of aromatic nitrogens is 2. The number of nitrogens with zero attached hydrogens (tertiary/aromatic N) is 1. The molecule has 2 N–H and O–H groups in total. The fraction of sp³-hybridized carbons (Fsp3) is 0. The van der Waals surface area contributed by atoms with Gasteiger partial charge in [-0.3, -0.25) is 9.89 Å². The summed E-state index contributed by atoms with van der Waals surface area (Å²) in [5, 5.41) is 11.0. The van der Waals surface area contributed by atoms with Gasteiger partial charge in [-0.05, 0) is 18.2 Å². The van der Waals surface area contributed by atoms with E-state index in [1.165, 1.54) is 18.2 Å². The first-order chi connectivity index (χ1) is 7.58. The first-order valence-corrected chi connectivity index (χ1v) is 4.39. The number of halogens is 1. The Morgan fingerprint density at radius 2 is 2.12 bits per heavy atom. The van der Waals surface area contributed by atoms with E-state index in [1.54, 1.807) is 0 Å². The smallest absolute Gasteiger partial charge is 0.353 e. The molecule has 0 fully saturated rings. The maximum absolute atomic E-state index is 12.9. The van der Waals surface area contributed by atoms with Gasteiger partial charge >= 0.3 is 5.97 Å². The Kier molecular flexibility index (Phi) is 2.32. The number of carboxylic acids is 1. The van der Waals surface area contributed by atoms with Crippen molar-refractivity contribution in [3.05, 3.63) is 52.2 Å². The van der Waals surface area contributed by atoms with Crippen LogP contribution >= 0.6 is 0 Å². The highest BCUT2D eigenvalue weighted by molar-refractivity contribution is 5.85. The summed E-state index contributed by atoms with van der Waals surface area (Å²) in [4.78, 5) is 22.0. The van der Waals surface area contributed by atoms with Crippen molar-refractivity contribution >= 4 is 5.97 Å². The standard InChI is InChI=1S/C10H7FN2O3/c11-6-2-1-3-7(4-6)13-9(14)5-8(12-13)10(15)16/h1-5,12H,(H,15,16). The molecule has 0 aliphatic carbocycles. The molecule has 0 saturated heterocycles. The van der Waals surface area contributed by atoms with Crippen molar-refractivity contribution in [1.82, 2.24) is 9.78 Å². The Morgan fingerprint density at radius 1 is 1.38 bits per heavy atom. The van der Waals surface area contributed by atoms with E-state index in [-0.39, 0.29) is 11.4 Å². The van der Waals surface area contributed by atoms with Crippen LogP contribution in [0.1, 0.15) is 10.5 Å². The number of H-pyrrole nitrogens is 1. The predicted molar refractivity (Wildman–Crippen MR) is 53.3 cm³/mol. The number of rotatable bonds is 2. The number of hydrogen-bond acceptors (Lipinski definition) is 2. The Bertz CT molecular complexity index is 600. The molecule has 16 heavy (non-hydrogen) atoms. The molecule has 2 rings (SSSR count). The molecular weight excluding hydrogens is 215 g/mol. The van der Waals surface area contributed by atoms with Crippen molar-refractivity contribution in [2.24, 2.45) is 0 Å². The van der Waals surface area contributed by atoms with Crippen molar-refractivity contribution < 1.29 is 14.3 Å². The number of benzene rings is 1. The van der Waals surface area contributed by atoms with Crippen LogP contribution in [0.25, 0.3) is 5.69 Å². The Morgan fingerprint density at radius 3 is 2.69 bits per heavy atom. The van der Waals surface area contributed by atoms with Gasteiger partial charge in [0.25, 0.3) is 5.56 Å². The monoisotopic (exact) mass is 222 g/mol. The van der Waals surface area contributed by atoms with E-state index >= 15 is 0 Å². The molecule has 6 heteroatoms. The molecule has 82 valence electrons. The average molecular weight is 222 g/mol. The molecule has 1 aromatic carbocycles. The third-order valence-corrected chi connectivity index (χ3v) is 2.02. The van der Waals surface area contributed by atoms with Gasteiger partial charge in [0, 0.05) is 6.07 Å². The summed E-state index contributed by atoms with van der Waals surface area (Å²) >= 11 is 0. The minimum Gasteiger partial charge on any atom is -0.477 e. The fourth-order valence-electron chi connectivity index (χ4n) is 1.31. The van der Waals surface area contributed by atoms with Gasteiger partial charge in [0.2, 0.25) is 0 Å². The second kappa shape index (κ2) is 3.65. The summed E-state index contributed by atoms with van der Waals surface area (Å²) in [6, 6.07) is 6.22. The molecular formula is C10H7FN2O3. The molecule has 0 spiro atoms. The topological polar surface area (TPSA) is 75.1 Å². The first-order valence-electron chi connectivity index (χ1n) is 4.39. The highest BCUT2D eigenvalue weighted by atomic mass is 19.1. The van der Waals surface area contributed by atoms with Crippen LogP contribution < -0.4 is 5.56 Å². The second-order valence-electron chi connectivity index (χ2n) is 3.13. The lowest BCUT2D eigenvalue weighted by Crippen LogP contribution is -2.13. The molecule has 2 aromatic rings. The minimum atomic E-state index is -1.24. The zero-order valence-corrected chi connectivity index (χ0v) is 7.98. The molecule has 0 atom stereocenters. The number of carbonyl (C=O) groups is 1. The fourth-order valence-corrected chi connectivity index (χ4v) is 1.31. The van der Waals surface area contributed by atoms with Crippen LogP contribution in [-0.2, 0) is 0 Å². The summed E-state index contributed by atoms with van der Waals surface area (Å²) in [5.41, 5.74) is -0.547. The largest absolute Gasteiger partial charge is 0.477 e. The van der Waals surface area contributed by atoms with E-state index in [9.17, 15) is 14.0 Å². The highest BCUT2D eigenvalue weighted by Crippen LogP contribution is 2.06. The molecule has 0 amide bonds. The summed E-state index contributed by atoms with van der Waals surface area (Å²) < 4.78 is 13.9. The number of aromatic carboxylic acids is 1. The lowest BCUT2D eigenvalue weighted by Gasteiger charge is -2.00. The summed E-state index contributed by atoms with van der Waals surface area (Å²) in [6.45, 7) is 0. The molecule has 0 aliphatic rings. The van der Waals surface area contributed by atoms with Crippen LogP contribution in [0.5, 0.6) is 0 Å². The molecule has 1 aromatic heterocycles. The van der Waals surface area contributed by atoms with Crippen molar-refractivity contribution in [3.63, 3.8) is 0 Å². The lowest BCUT2D eigenvalue weighted by atomic mass is 10.3. The molecule has 0 unspecified atom stereocenters. The minimum absolute atomic E-state index is 0.241. The molecule has 5 nitrogen and oxygen atoms in total. The van der Waals surface area contributed by atoms with Crippen LogP contribution in [-0.4, -0.2) is 20.9 Å². The van der Waals surface area contributed by atoms with Gasteiger partial charge < -0.3 is 5.11 Å². The highest BCUT2D eigenvalue weighted by Gasteiger charge is 2.10. The number of carboxylic acid groups (broad SMARTS) is 1. The predicted octanol–water partition coefficient (Wildman–Crippen LogP) is 1.00. The van der Waals surface area contributed by atoms with Gasteiger partial charge in [0.05, 0.1) is 5.69 Å². The average Bonchev–Trinajstić information content (AvgIpc) is 2.60. The quantitative estimate of drug-likeness (QED) is 0.796. The van der Waals surface area contributed by atoms with Crippen molar-refractivity contribution in [2.75, 3.05) is 0 Å². The Balaban J connectivity index is 2.56. The van der Waals surface area contributed by atoms with Crippen molar-refractivity contribution in [3.8, 4) is 5.69 Å². The van der Waals surface area contributed by atoms with E-state index in [2.05, 4.69) is 5.10 Å². The maximum Gasteiger partial charge on any atom is 0.353 e. The van der Waals surface area contributed by atoms with Gasteiger partial charge in [0.1, 0.15) is 11.5 Å². The summed E-state index contributed by atoms with van der Waals surface area (Å²) in [6.07, 6.45) is 0. The molecule has 0 bridgehead atoms. The zero-order chi connectivity index (χ0) is 11.7. The van der Waals surface area contributed by atoms with Crippen molar-refractivity contribution in [2.45, 2.75) is 0 Å². The van der Waals surface area contributed by atoms with Gasteiger partial charge in [-0.25, -0.2) is 13.9 Å². The lowest BCUT2D eigenvalue weighted by molar-refractivity contribution is 0.0690. The Hall–Kier alpha value is -2.37. The second-order valence-corrected chi connectivity index (χ2v) is 3.13. The summed E-state index contributed by atoms with van der Waals surface area (Å²) in [7, 11) is 0. The first kappa shape index (κ1) is 10.2. The zero-order valence-electron chi connectivity index (χ0n) is 7.98. The third-order valence-electron chi connectivity index (χ3n) is 2.02. The van der Waals surface area contributed by atoms with Crippen LogP contribution in [0.15, 0.2) is 35.1 Å². The molecule has 1 heterocycles. The maximum atomic E-state index is 12.9. The van der Waals surface area contributed by atoms with Crippen molar-refractivity contribution in [1.29, 1.82) is 0 Å². The van der Waals surface area contributed by atoms with Crippen LogP contribution in [0, 0.1) is 5.82 Å². The molecule has 0 radical (unpaired) electrons. The van der Waals surface area contributed by atoms with E-state index < -0.39 is 17.3 Å². The number of hydrogen-bond donors (Lipinski definition) is 2. The van der Waals surface area contributed by atoms with Gasteiger partial charge in [-0.2, -0.15) is 0 Å². The SMILES string of the molecule is O=C(O)c1cc(=O)n(-c2cccc(F)c2)[nH]1.